The second-order valence-electron chi connectivity index (χ2n) is 4.15. The minimum absolute atomic E-state index is 0.0906. The first-order chi connectivity index (χ1) is 9.53. The summed E-state index contributed by atoms with van der Waals surface area (Å²) in [6.07, 6.45) is 2.83. The highest BCUT2D eigenvalue weighted by atomic mass is 32.2. The third-order valence-corrected chi connectivity index (χ3v) is 4.87. The van der Waals surface area contributed by atoms with Crippen molar-refractivity contribution in [3.05, 3.63) is 35.6 Å². The Hall–Kier alpha value is -1.51. The molecule has 0 bridgehead atoms. The van der Waals surface area contributed by atoms with E-state index in [0.29, 0.717) is 5.13 Å². The predicted octanol–water partition coefficient (Wildman–Crippen LogP) is 2.01. The maximum absolute atomic E-state index is 12.1. The highest BCUT2D eigenvalue weighted by molar-refractivity contribution is 7.93. The standard InChI is InChI=1S/C12H16N4O2S2/c1-3-14-9(2)11-8-19-12(15-11)16-20(17,18)10-5-4-6-13-7-10/h4-9,14H,3H2,1-2H3,(H,15,16). The Morgan fingerprint density at radius 1 is 1.45 bits per heavy atom. The van der Waals surface area contributed by atoms with Crippen LogP contribution in [0.25, 0.3) is 0 Å². The molecular formula is C12H16N4O2S2. The molecule has 1 atom stereocenters. The number of thiazole rings is 1. The number of nitrogens with zero attached hydrogens (tertiary/aromatic N) is 2. The number of anilines is 1. The van der Waals surface area contributed by atoms with Gasteiger partial charge in [-0.1, -0.05) is 6.92 Å². The Morgan fingerprint density at radius 3 is 2.90 bits per heavy atom. The molecule has 0 aromatic carbocycles. The molecule has 2 aromatic rings. The zero-order chi connectivity index (χ0) is 14.6. The summed E-state index contributed by atoms with van der Waals surface area (Å²) in [5.74, 6) is 0. The molecule has 0 saturated carbocycles. The van der Waals surface area contributed by atoms with Crippen molar-refractivity contribution in [2.45, 2.75) is 24.8 Å². The zero-order valence-electron chi connectivity index (χ0n) is 11.2. The van der Waals surface area contributed by atoms with Crippen molar-refractivity contribution in [3.63, 3.8) is 0 Å². The van der Waals surface area contributed by atoms with Crippen LogP contribution in [-0.4, -0.2) is 24.9 Å². The monoisotopic (exact) mass is 312 g/mol. The molecule has 0 amide bonds. The van der Waals surface area contributed by atoms with Gasteiger partial charge in [-0.2, -0.15) is 0 Å². The second-order valence-corrected chi connectivity index (χ2v) is 6.69. The maximum atomic E-state index is 12.1. The van der Waals surface area contributed by atoms with Gasteiger partial charge in [-0.05, 0) is 25.6 Å². The van der Waals surface area contributed by atoms with Gasteiger partial charge in [0.15, 0.2) is 5.13 Å². The SMILES string of the molecule is CCNC(C)c1csc(NS(=O)(=O)c2cccnc2)n1. The van der Waals surface area contributed by atoms with Gasteiger partial charge < -0.3 is 5.32 Å². The number of nitrogens with one attached hydrogen (secondary N) is 2. The highest BCUT2D eigenvalue weighted by Crippen LogP contribution is 2.23. The van der Waals surface area contributed by atoms with Gasteiger partial charge in [0, 0.05) is 23.8 Å². The molecule has 20 heavy (non-hydrogen) atoms. The summed E-state index contributed by atoms with van der Waals surface area (Å²) < 4.78 is 26.7. The molecule has 108 valence electrons. The maximum Gasteiger partial charge on any atom is 0.265 e. The van der Waals surface area contributed by atoms with Gasteiger partial charge in [0.05, 0.1) is 5.69 Å². The normalized spacial score (nSPS) is 13.1. The smallest absolute Gasteiger partial charge is 0.265 e. The number of aromatic nitrogens is 2. The third kappa shape index (κ3) is 3.53. The van der Waals surface area contributed by atoms with E-state index >= 15 is 0 Å². The van der Waals surface area contributed by atoms with Crippen LogP contribution in [-0.2, 0) is 10.0 Å². The summed E-state index contributed by atoms with van der Waals surface area (Å²) in [7, 11) is -3.62. The van der Waals surface area contributed by atoms with Crippen LogP contribution in [0.1, 0.15) is 25.6 Å². The first-order valence-corrected chi connectivity index (χ1v) is 8.51. The van der Waals surface area contributed by atoms with Crippen molar-refractivity contribution >= 4 is 26.5 Å². The van der Waals surface area contributed by atoms with Gasteiger partial charge in [0.2, 0.25) is 0 Å². The third-order valence-electron chi connectivity index (χ3n) is 2.64. The Morgan fingerprint density at radius 2 is 2.25 bits per heavy atom. The number of sulfonamides is 1. The topological polar surface area (TPSA) is 84.0 Å². The molecule has 0 radical (unpaired) electrons. The lowest BCUT2D eigenvalue weighted by Crippen LogP contribution is -2.18. The molecule has 6 nitrogen and oxygen atoms in total. The van der Waals surface area contributed by atoms with Gasteiger partial charge in [0.25, 0.3) is 10.0 Å². The Bertz CT molecular complexity index is 655. The van der Waals surface area contributed by atoms with Crippen molar-refractivity contribution in [2.24, 2.45) is 0 Å². The Kier molecular flexibility index (Phi) is 4.69. The zero-order valence-corrected chi connectivity index (χ0v) is 12.8. The predicted molar refractivity (Wildman–Crippen MR) is 79.3 cm³/mol. The van der Waals surface area contributed by atoms with Crippen molar-refractivity contribution in [1.29, 1.82) is 0 Å². The van der Waals surface area contributed by atoms with E-state index < -0.39 is 10.0 Å². The van der Waals surface area contributed by atoms with Crippen molar-refractivity contribution in [1.82, 2.24) is 15.3 Å². The summed E-state index contributed by atoms with van der Waals surface area (Å²) in [4.78, 5) is 8.21. The van der Waals surface area contributed by atoms with Crippen LogP contribution in [0.3, 0.4) is 0 Å². The van der Waals surface area contributed by atoms with Crippen molar-refractivity contribution < 1.29 is 8.42 Å². The van der Waals surface area contributed by atoms with E-state index in [9.17, 15) is 8.42 Å². The van der Waals surface area contributed by atoms with E-state index in [1.165, 1.54) is 29.8 Å². The summed E-state index contributed by atoms with van der Waals surface area (Å²) in [6.45, 7) is 4.82. The fraction of sp³-hybridized carbons (Fsp3) is 0.333. The van der Waals surface area contributed by atoms with E-state index in [0.717, 1.165) is 12.2 Å². The van der Waals surface area contributed by atoms with Gasteiger partial charge in [-0.15, -0.1) is 11.3 Å². The lowest BCUT2D eigenvalue weighted by molar-refractivity contribution is 0.586. The molecule has 0 spiro atoms. The minimum atomic E-state index is -3.62. The van der Waals surface area contributed by atoms with E-state index in [4.69, 9.17) is 0 Å². The van der Waals surface area contributed by atoms with Crippen LogP contribution in [0.2, 0.25) is 0 Å². The molecule has 0 aliphatic heterocycles. The minimum Gasteiger partial charge on any atom is -0.309 e. The quantitative estimate of drug-likeness (QED) is 0.852. The average molecular weight is 312 g/mol. The summed E-state index contributed by atoms with van der Waals surface area (Å²) in [5.41, 5.74) is 0.820. The molecule has 8 heteroatoms. The Labute approximate surface area is 122 Å². The van der Waals surface area contributed by atoms with Crippen LogP contribution < -0.4 is 10.0 Å². The summed E-state index contributed by atoms with van der Waals surface area (Å²) in [5, 5.41) is 5.42. The molecule has 0 fully saturated rings. The number of rotatable bonds is 6. The lowest BCUT2D eigenvalue weighted by atomic mass is 10.3. The second kappa shape index (κ2) is 6.29. The number of hydrogen-bond donors (Lipinski definition) is 2. The van der Waals surface area contributed by atoms with Crippen molar-refractivity contribution in [2.75, 3.05) is 11.3 Å². The lowest BCUT2D eigenvalue weighted by Gasteiger charge is -2.08. The molecule has 0 aliphatic rings. The van der Waals surface area contributed by atoms with Gasteiger partial charge in [0.1, 0.15) is 4.90 Å². The van der Waals surface area contributed by atoms with E-state index in [1.807, 2.05) is 19.2 Å². The first-order valence-electron chi connectivity index (χ1n) is 6.14. The van der Waals surface area contributed by atoms with Gasteiger partial charge in [-0.25, -0.2) is 13.4 Å². The molecule has 2 N–H and O–H groups in total. The van der Waals surface area contributed by atoms with Crippen LogP contribution in [0.5, 0.6) is 0 Å². The molecule has 2 heterocycles. The summed E-state index contributed by atoms with van der Waals surface area (Å²) in [6, 6.07) is 3.16. The van der Waals surface area contributed by atoms with E-state index in [2.05, 4.69) is 20.0 Å². The average Bonchev–Trinajstić information content (AvgIpc) is 2.88. The highest BCUT2D eigenvalue weighted by Gasteiger charge is 2.17. The first kappa shape index (κ1) is 14.9. The van der Waals surface area contributed by atoms with E-state index in [1.54, 1.807) is 6.07 Å². The molecule has 2 rings (SSSR count). The van der Waals surface area contributed by atoms with E-state index in [-0.39, 0.29) is 10.9 Å². The Balaban J connectivity index is 2.15. The van der Waals surface area contributed by atoms with Crippen molar-refractivity contribution in [3.8, 4) is 0 Å². The van der Waals surface area contributed by atoms with Crippen LogP contribution in [0.4, 0.5) is 5.13 Å². The van der Waals surface area contributed by atoms with Crippen LogP contribution in [0, 0.1) is 0 Å². The number of pyridine rings is 1. The fourth-order valence-electron chi connectivity index (χ4n) is 1.62. The van der Waals surface area contributed by atoms with Crippen LogP contribution in [0.15, 0.2) is 34.8 Å². The fourth-order valence-corrected chi connectivity index (χ4v) is 3.64. The summed E-state index contributed by atoms with van der Waals surface area (Å²) >= 11 is 1.26. The number of hydrogen-bond acceptors (Lipinski definition) is 6. The van der Waals surface area contributed by atoms with Crippen LogP contribution >= 0.6 is 11.3 Å². The molecular weight excluding hydrogens is 296 g/mol. The largest absolute Gasteiger partial charge is 0.309 e. The van der Waals surface area contributed by atoms with Gasteiger partial charge in [-0.3, -0.25) is 9.71 Å². The molecule has 0 aliphatic carbocycles. The van der Waals surface area contributed by atoms with Gasteiger partial charge >= 0.3 is 0 Å². The molecule has 1 unspecified atom stereocenters. The molecule has 0 saturated heterocycles. The molecule has 2 aromatic heterocycles.